The van der Waals surface area contributed by atoms with Crippen molar-refractivity contribution in [3.05, 3.63) is 34.4 Å². The van der Waals surface area contributed by atoms with E-state index < -0.39 is 5.97 Å². The number of carbonyl (C=O) groups is 2. The zero-order chi connectivity index (χ0) is 15.6. The van der Waals surface area contributed by atoms with Crippen LogP contribution in [0, 0.1) is 19.8 Å². The molecule has 4 nitrogen and oxygen atoms in total. The number of benzene rings is 1. The molecule has 2 N–H and O–H groups in total. The molecule has 1 aliphatic rings. The van der Waals surface area contributed by atoms with Crippen LogP contribution in [0.1, 0.15) is 64.4 Å². The molecule has 0 aliphatic heterocycles. The van der Waals surface area contributed by atoms with Gasteiger partial charge in [0.15, 0.2) is 0 Å². The van der Waals surface area contributed by atoms with Gasteiger partial charge >= 0.3 is 5.97 Å². The number of hydrogen-bond donors (Lipinski definition) is 2. The van der Waals surface area contributed by atoms with Crippen LogP contribution in [0.4, 0.5) is 0 Å². The Bertz CT molecular complexity index is 557. The van der Waals surface area contributed by atoms with Gasteiger partial charge in [-0.1, -0.05) is 19.1 Å². The van der Waals surface area contributed by atoms with Crippen molar-refractivity contribution < 1.29 is 14.7 Å². The number of hydrogen-bond acceptors (Lipinski definition) is 2. The largest absolute Gasteiger partial charge is 0.478 e. The molecule has 1 aromatic carbocycles. The van der Waals surface area contributed by atoms with E-state index in [4.69, 9.17) is 0 Å². The summed E-state index contributed by atoms with van der Waals surface area (Å²) >= 11 is 0. The van der Waals surface area contributed by atoms with E-state index in [0.29, 0.717) is 22.6 Å². The first-order valence-corrected chi connectivity index (χ1v) is 7.54. The lowest BCUT2D eigenvalue weighted by Crippen LogP contribution is -2.38. The van der Waals surface area contributed by atoms with E-state index in [1.807, 2.05) is 0 Å². The van der Waals surface area contributed by atoms with Crippen molar-refractivity contribution in [2.75, 3.05) is 0 Å². The molecule has 114 valence electrons. The van der Waals surface area contributed by atoms with Crippen LogP contribution in [0.5, 0.6) is 0 Å². The second-order valence-electron chi connectivity index (χ2n) is 6.18. The summed E-state index contributed by atoms with van der Waals surface area (Å²) in [5, 5.41) is 12.4. The van der Waals surface area contributed by atoms with Crippen molar-refractivity contribution in [2.45, 2.75) is 52.5 Å². The number of rotatable bonds is 3. The van der Waals surface area contributed by atoms with Gasteiger partial charge in [-0.05, 0) is 56.6 Å². The number of carboxylic acids is 1. The van der Waals surface area contributed by atoms with Gasteiger partial charge < -0.3 is 10.4 Å². The third-order valence-electron chi connectivity index (χ3n) is 4.41. The first-order chi connectivity index (χ1) is 9.90. The first-order valence-electron chi connectivity index (χ1n) is 7.54. The lowest BCUT2D eigenvalue weighted by atomic mass is 9.87. The van der Waals surface area contributed by atoms with Gasteiger partial charge in [-0.3, -0.25) is 4.79 Å². The molecular formula is C17H23NO3. The summed E-state index contributed by atoms with van der Waals surface area (Å²) < 4.78 is 0. The molecule has 0 radical (unpaired) electrons. The van der Waals surface area contributed by atoms with E-state index in [0.717, 1.165) is 25.7 Å². The summed E-state index contributed by atoms with van der Waals surface area (Å²) in [7, 11) is 0. The fourth-order valence-corrected chi connectivity index (χ4v) is 3.04. The Balaban J connectivity index is 2.23. The van der Waals surface area contributed by atoms with Crippen LogP contribution >= 0.6 is 0 Å². The summed E-state index contributed by atoms with van der Waals surface area (Å²) in [4.78, 5) is 24.0. The SMILES string of the molecule is Cc1ccc(C)c(C(=O)NC2CCC(C)CC2)c1C(=O)O. The Morgan fingerprint density at radius 2 is 1.57 bits per heavy atom. The summed E-state index contributed by atoms with van der Waals surface area (Å²) in [6, 6.07) is 3.72. The molecule has 0 unspecified atom stereocenters. The quantitative estimate of drug-likeness (QED) is 0.897. The number of aromatic carboxylic acids is 1. The zero-order valence-corrected chi connectivity index (χ0v) is 12.9. The van der Waals surface area contributed by atoms with E-state index in [1.54, 1.807) is 26.0 Å². The minimum absolute atomic E-state index is 0.122. The Labute approximate surface area is 125 Å². The third kappa shape index (κ3) is 3.43. The Hall–Kier alpha value is -1.84. The molecule has 0 aromatic heterocycles. The molecule has 0 heterocycles. The first kappa shape index (κ1) is 15.5. The van der Waals surface area contributed by atoms with Gasteiger partial charge in [0.2, 0.25) is 0 Å². The van der Waals surface area contributed by atoms with Gasteiger partial charge in [0.1, 0.15) is 0 Å². The maximum atomic E-state index is 12.5. The van der Waals surface area contributed by atoms with Gasteiger partial charge in [-0.2, -0.15) is 0 Å². The number of nitrogens with one attached hydrogen (secondary N) is 1. The molecule has 21 heavy (non-hydrogen) atoms. The Morgan fingerprint density at radius 3 is 2.10 bits per heavy atom. The smallest absolute Gasteiger partial charge is 0.336 e. The van der Waals surface area contributed by atoms with Gasteiger partial charge in [-0.25, -0.2) is 4.79 Å². The second-order valence-corrected chi connectivity index (χ2v) is 6.18. The van der Waals surface area contributed by atoms with Crippen LogP contribution in [0.25, 0.3) is 0 Å². The molecule has 1 aliphatic carbocycles. The Morgan fingerprint density at radius 1 is 1.05 bits per heavy atom. The molecule has 4 heteroatoms. The highest BCUT2D eigenvalue weighted by molar-refractivity contribution is 6.06. The van der Waals surface area contributed by atoms with E-state index in [9.17, 15) is 14.7 Å². The molecule has 0 bridgehead atoms. The topological polar surface area (TPSA) is 66.4 Å². The number of amides is 1. The highest BCUT2D eigenvalue weighted by Crippen LogP contribution is 2.25. The fraction of sp³-hybridized carbons (Fsp3) is 0.529. The maximum absolute atomic E-state index is 12.5. The van der Waals surface area contributed by atoms with Crippen LogP contribution in [-0.2, 0) is 0 Å². The summed E-state index contributed by atoms with van der Waals surface area (Å²) in [6.07, 6.45) is 4.17. The Kier molecular flexibility index (Phi) is 4.66. The average Bonchev–Trinajstić information content (AvgIpc) is 2.43. The lowest BCUT2D eigenvalue weighted by Gasteiger charge is -2.27. The molecule has 1 aromatic rings. The molecule has 1 amide bonds. The van der Waals surface area contributed by atoms with Gasteiger partial charge in [0.25, 0.3) is 5.91 Å². The minimum atomic E-state index is -1.04. The van der Waals surface area contributed by atoms with Crippen molar-refractivity contribution >= 4 is 11.9 Å². The summed E-state index contributed by atoms with van der Waals surface area (Å²) in [5.74, 6) is -0.583. The van der Waals surface area contributed by atoms with Gasteiger partial charge in [0, 0.05) is 6.04 Å². The molecule has 0 saturated heterocycles. The van der Waals surface area contributed by atoms with Crippen molar-refractivity contribution in [1.82, 2.24) is 5.32 Å². The van der Waals surface area contributed by atoms with Crippen molar-refractivity contribution in [2.24, 2.45) is 5.92 Å². The zero-order valence-electron chi connectivity index (χ0n) is 12.9. The summed E-state index contributed by atoms with van der Waals surface area (Å²) in [5.41, 5.74) is 1.76. The van der Waals surface area contributed by atoms with Crippen LogP contribution < -0.4 is 5.32 Å². The highest BCUT2D eigenvalue weighted by atomic mass is 16.4. The lowest BCUT2D eigenvalue weighted by molar-refractivity contribution is 0.0689. The molecular weight excluding hydrogens is 266 g/mol. The molecule has 1 saturated carbocycles. The van der Waals surface area contributed by atoms with Crippen molar-refractivity contribution in [1.29, 1.82) is 0 Å². The van der Waals surface area contributed by atoms with E-state index in [2.05, 4.69) is 12.2 Å². The van der Waals surface area contributed by atoms with E-state index >= 15 is 0 Å². The molecule has 0 spiro atoms. The van der Waals surface area contributed by atoms with Crippen LogP contribution in [0.2, 0.25) is 0 Å². The van der Waals surface area contributed by atoms with E-state index in [1.165, 1.54) is 0 Å². The number of carboxylic acid groups (broad SMARTS) is 1. The second kappa shape index (κ2) is 6.29. The van der Waals surface area contributed by atoms with Crippen LogP contribution in [0.3, 0.4) is 0 Å². The number of carbonyl (C=O) groups excluding carboxylic acids is 1. The van der Waals surface area contributed by atoms with Crippen molar-refractivity contribution in [3.8, 4) is 0 Å². The third-order valence-corrected chi connectivity index (χ3v) is 4.41. The maximum Gasteiger partial charge on any atom is 0.336 e. The molecule has 0 atom stereocenters. The van der Waals surface area contributed by atoms with Crippen LogP contribution in [0.15, 0.2) is 12.1 Å². The predicted octanol–water partition coefficient (Wildman–Crippen LogP) is 3.31. The normalized spacial score (nSPS) is 21.9. The fourth-order valence-electron chi connectivity index (χ4n) is 3.04. The van der Waals surface area contributed by atoms with Crippen LogP contribution in [-0.4, -0.2) is 23.0 Å². The molecule has 1 fully saturated rings. The average molecular weight is 289 g/mol. The molecule has 2 rings (SSSR count). The predicted molar refractivity (Wildman–Crippen MR) is 81.8 cm³/mol. The van der Waals surface area contributed by atoms with Gasteiger partial charge in [-0.15, -0.1) is 0 Å². The number of aryl methyl sites for hydroxylation is 2. The van der Waals surface area contributed by atoms with Gasteiger partial charge in [0.05, 0.1) is 11.1 Å². The minimum Gasteiger partial charge on any atom is -0.478 e. The standard InChI is InChI=1S/C17H23NO3/c1-10-4-8-13(9-5-10)18-16(19)14-11(2)6-7-12(3)15(14)17(20)21/h6-7,10,13H,4-5,8-9H2,1-3H3,(H,18,19)(H,20,21). The van der Waals surface area contributed by atoms with E-state index in [-0.39, 0.29) is 17.5 Å². The highest BCUT2D eigenvalue weighted by Gasteiger charge is 2.25. The monoisotopic (exact) mass is 289 g/mol. The van der Waals surface area contributed by atoms with Crippen molar-refractivity contribution in [3.63, 3.8) is 0 Å². The summed E-state index contributed by atoms with van der Waals surface area (Å²) in [6.45, 7) is 5.73.